The third kappa shape index (κ3) is 1.37. The molecule has 0 bridgehead atoms. The zero-order valence-electron chi connectivity index (χ0n) is 7.39. The van der Waals surface area contributed by atoms with E-state index >= 15 is 0 Å². The van der Waals surface area contributed by atoms with E-state index in [4.69, 9.17) is 0 Å². The molecule has 1 saturated carbocycles. The number of allylic oxidation sites excluding steroid dienone is 4. The Hall–Kier alpha value is -1.18. The molecule has 1 aliphatic carbocycles. The van der Waals surface area contributed by atoms with Crippen LogP contribution in [0.1, 0.15) is 26.7 Å². The van der Waals surface area contributed by atoms with Crippen molar-refractivity contribution < 1.29 is 9.59 Å². The zero-order chi connectivity index (χ0) is 9.14. The molecule has 0 radical (unpaired) electrons. The third-order valence-electron chi connectivity index (χ3n) is 2.10. The molecule has 64 valence electrons. The second-order valence-corrected chi connectivity index (χ2v) is 2.77. The summed E-state index contributed by atoms with van der Waals surface area (Å²) in [5.41, 5.74) is 1.59. The van der Waals surface area contributed by atoms with Gasteiger partial charge in [0.25, 0.3) is 0 Å². The molecular weight excluding hydrogens is 152 g/mol. The Morgan fingerprint density at radius 3 is 2.25 bits per heavy atom. The molecule has 0 amide bonds. The van der Waals surface area contributed by atoms with Gasteiger partial charge in [-0.3, -0.25) is 9.59 Å². The number of hydrogen-bond acceptors (Lipinski definition) is 2. The van der Waals surface area contributed by atoms with Crippen molar-refractivity contribution in [2.75, 3.05) is 0 Å². The van der Waals surface area contributed by atoms with Gasteiger partial charge >= 0.3 is 0 Å². The first-order chi connectivity index (χ1) is 5.70. The van der Waals surface area contributed by atoms with Crippen LogP contribution in [0.2, 0.25) is 0 Å². The van der Waals surface area contributed by atoms with Crippen molar-refractivity contribution in [2.45, 2.75) is 26.7 Å². The first-order valence-corrected chi connectivity index (χ1v) is 4.10. The second kappa shape index (κ2) is 3.48. The normalized spacial score (nSPS) is 25.5. The molecule has 1 aliphatic rings. The van der Waals surface area contributed by atoms with Crippen LogP contribution < -0.4 is 0 Å². The van der Waals surface area contributed by atoms with E-state index in [2.05, 4.69) is 0 Å². The zero-order valence-corrected chi connectivity index (χ0v) is 7.39. The minimum Gasteiger partial charge on any atom is -0.290 e. The Balaban J connectivity index is 3.03. The van der Waals surface area contributed by atoms with Gasteiger partial charge in [-0.15, -0.1) is 0 Å². The van der Waals surface area contributed by atoms with Gasteiger partial charge in [0, 0.05) is 12.0 Å². The van der Waals surface area contributed by atoms with Crippen LogP contribution in [0.4, 0.5) is 0 Å². The van der Waals surface area contributed by atoms with Gasteiger partial charge in [0.05, 0.1) is 0 Å². The summed E-state index contributed by atoms with van der Waals surface area (Å²) >= 11 is 0. The van der Waals surface area contributed by atoms with E-state index in [-0.39, 0.29) is 11.6 Å². The predicted molar refractivity (Wildman–Crippen MR) is 46.8 cm³/mol. The fraction of sp³-hybridized carbons (Fsp3) is 0.400. The summed E-state index contributed by atoms with van der Waals surface area (Å²) in [6.07, 6.45) is 4.70. The third-order valence-corrected chi connectivity index (χ3v) is 2.10. The number of hydrogen-bond donors (Lipinski definition) is 0. The predicted octanol–water partition coefficient (Wildman–Crippen LogP) is 1.81. The smallest absolute Gasteiger partial charge is 0.228 e. The molecule has 2 heteroatoms. The van der Waals surface area contributed by atoms with Crippen LogP contribution >= 0.6 is 0 Å². The van der Waals surface area contributed by atoms with E-state index in [9.17, 15) is 9.59 Å². The fourth-order valence-electron chi connectivity index (χ4n) is 1.41. The molecule has 1 fully saturated rings. The van der Waals surface area contributed by atoms with Crippen LogP contribution in [0.5, 0.6) is 0 Å². The maximum absolute atomic E-state index is 11.3. The fourth-order valence-corrected chi connectivity index (χ4v) is 1.41. The molecule has 0 aliphatic heterocycles. The van der Waals surface area contributed by atoms with E-state index in [1.54, 1.807) is 13.0 Å². The molecule has 0 heterocycles. The molecule has 0 atom stereocenters. The standard InChI is InChI=1S/C10H12O2/c1-3-7-5-6-9(11)10(12)8(7)4-2/h3-4H,5-6H2,1-2H3. The highest BCUT2D eigenvalue weighted by Crippen LogP contribution is 2.23. The quantitative estimate of drug-likeness (QED) is 0.404. The Morgan fingerprint density at radius 1 is 1.08 bits per heavy atom. The molecule has 0 N–H and O–H groups in total. The van der Waals surface area contributed by atoms with Crippen LogP contribution in [-0.4, -0.2) is 11.6 Å². The second-order valence-electron chi connectivity index (χ2n) is 2.77. The summed E-state index contributed by atoms with van der Waals surface area (Å²) in [7, 11) is 0. The van der Waals surface area contributed by atoms with Crippen LogP contribution in [0, 0.1) is 0 Å². The Kier molecular flexibility index (Phi) is 2.58. The van der Waals surface area contributed by atoms with E-state index in [1.165, 1.54) is 0 Å². The topological polar surface area (TPSA) is 34.1 Å². The van der Waals surface area contributed by atoms with Crippen molar-refractivity contribution in [2.24, 2.45) is 0 Å². The maximum Gasteiger partial charge on any atom is 0.228 e. The van der Waals surface area contributed by atoms with Crippen molar-refractivity contribution in [1.82, 2.24) is 0 Å². The highest BCUT2D eigenvalue weighted by Gasteiger charge is 2.25. The molecule has 0 saturated heterocycles. The van der Waals surface area contributed by atoms with Crippen molar-refractivity contribution in [3.8, 4) is 0 Å². The van der Waals surface area contributed by atoms with Crippen LogP contribution in [0.3, 0.4) is 0 Å². The Morgan fingerprint density at radius 2 is 1.75 bits per heavy atom. The summed E-state index contributed by atoms with van der Waals surface area (Å²) in [5.74, 6) is -0.578. The summed E-state index contributed by atoms with van der Waals surface area (Å²) in [5, 5.41) is 0. The number of ketones is 2. The molecular formula is C10H12O2. The molecule has 0 aromatic carbocycles. The first kappa shape index (κ1) is 8.91. The summed E-state index contributed by atoms with van der Waals surface area (Å²) in [4.78, 5) is 22.3. The van der Waals surface area contributed by atoms with Gasteiger partial charge in [0.1, 0.15) is 0 Å². The minimum absolute atomic E-state index is 0.256. The van der Waals surface area contributed by atoms with Gasteiger partial charge in [-0.2, -0.15) is 0 Å². The van der Waals surface area contributed by atoms with E-state index in [0.29, 0.717) is 18.4 Å². The highest BCUT2D eigenvalue weighted by molar-refractivity contribution is 6.45. The largest absolute Gasteiger partial charge is 0.290 e. The van der Waals surface area contributed by atoms with E-state index in [0.717, 1.165) is 5.57 Å². The maximum atomic E-state index is 11.3. The lowest BCUT2D eigenvalue weighted by molar-refractivity contribution is -0.134. The minimum atomic E-state index is -0.322. The van der Waals surface area contributed by atoms with Gasteiger partial charge < -0.3 is 0 Å². The molecule has 0 unspecified atom stereocenters. The highest BCUT2D eigenvalue weighted by atomic mass is 16.2. The van der Waals surface area contributed by atoms with Crippen LogP contribution in [0.15, 0.2) is 23.3 Å². The first-order valence-electron chi connectivity index (χ1n) is 4.10. The van der Waals surface area contributed by atoms with Crippen molar-refractivity contribution >= 4 is 11.6 Å². The molecule has 0 spiro atoms. The van der Waals surface area contributed by atoms with Gasteiger partial charge in [-0.05, 0) is 25.8 Å². The monoisotopic (exact) mass is 164 g/mol. The molecule has 0 aromatic heterocycles. The van der Waals surface area contributed by atoms with Crippen LogP contribution in [-0.2, 0) is 9.59 Å². The summed E-state index contributed by atoms with van der Waals surface area (Å²) in [6, 6.07) is 0. The summed E-state index contributed by atoms with van der Waals surface area (Å²) < 4.78 is 0. The van der Waals surface area contributed by atoms with Gasteiger partial charge in [-0.25, -0.2) is 0 Å². The molecule has 12 heavy (non-hydrogen) atoms. The molecule has 2 nitrogen and oxygen atoms in total. The lowest BCUT2D eigenvalue weighted by Crippen LogP contribution is -2.22. The average Bonchev–Trinajstić information content (AvgIpc) is 2.09. The lowest BCUT2D eigenvalue weighted by Gasteiger charge is -2.14. The number of rotatable bonds is 0. The Labute approximate surface area is 72.0 Å². The SMILES string of the molecule is CC=C1CCC(=O)C(=O)C1=CC. The van der Waals surface area contributed by atoms with Gasteiger partial charge in [-0.1, -0.05) is 12.2 Å². The number of carbonyl (C=O) groups is 2. The van der Waals surface area contributed by atoms with E-state index in [1.807, 2.05) is 13.0 Å². The van der Waals surface area contributed by atoms with Crippen molar-refractivity contribution in [3.05, 3.63) is 23.3 Å². The Bertz CT molecular complexity index is 278. The van der Waals surface area contributed by atoms with Gasteiger partial charge in [0.2, 0.25) is 11.6 Å². The van der Waals surface area contributed by atoms with Crippen LogP contribution in [0.25, 0.3) is 0 Å². The number of carbonyl (C=O) groups excluding carboxylic acids is 2. The lowest BCUT2D eigenvalue weighted by atomic mass is 9.87. The van der Waals surface area contributed by atoms with E-state index < -0.39 is 0 Å². The van der Waals surface area contributed by atoms with Gasteiger partial charge in [0.15, 0.2) is 0 Å². The summed E-state index contributed by atoms with van der Waals surface area (Å²) in [6.45, 7) is 3.68. The average molecular weight is 164 g/mol. The number of Topliss-reactive ketones (excluding diaryl/α,β-unsaturated/α-hetero) is 2. The van der Waals surface area contributed by atoms with Crippen molar-refractivity contribution in [3.63, 3.8) is 0 Å². The molecule has 1 rings (SSSR count). The molecule has 0 aromatic rings. The van der Waals surface area contributed by atoms with Crippen molar-refractivity contribution in [1.29, 1.82) is 0 Å².